The Balaban J connectivity index is 1.72. The fraction of sp³-hybridized carbons (Fsp3) is 0.867. The summed E-state index contributed by atoms with van der Waals surface area (Å²) in [5.74, 6) is 0.654. The molecule has 20 heavy (non-hydrogen) atoms. The quantitative estimate of drug-likeness (QED) is 0.512. The molecule has 114 valence electrons. The first-order valence-corrected chi connectivity index (χ1v) is 7.84. The minimum absolute atomic E-state index is 0.0416. The number of carbonyl (C=O) groups is 2. The van der Waals surface area contributed by atoms with Crippen LogP contribution in [0.1, 0.15) is 46.0 Å². The van der Waals surface area contributed by atoms with E-state index in [0.29, 0.717) is 13.2 Å². The van der Waals surface area contributed by atoms with Crippen LogP contribution in [-0.4, -0.2) is 48.6 Å². The molecule has 1 aliphatic heterocycles. The standard InChI is InChI=1S/C15H26N2O3/c1-3-12(4-2)17-14(18)9-13(15(17)19)16-7-8-20-10-11-5-6-11/h11-13,16H,3-10H2,1-2H3. The van der Waals surface area contributed by atoms with Gasteiger partial charge >= 0.3 is 0 Å². The van der Waals surface area contributed by atoms with Gasteiger partial charge in [-0.25, -0.2) is 0 Å². The van der Waals surface area contributed by atoms with E-state index in [1.165, 1.54) is 17.7 Å². The number of amides is 2. The Morgan fingerprint density at radius 2 is 2.00 bits per heavy atom. The lowest BCUT2D eigenvalue weighted by Gasteiger charge is -2.24. The molecule has 0 aromatic carbocycles. The first kappa shape index (κ1) is 15.4. The Kier molecular flexibility index (Phi) is 5.54. The van der Waals surface area contributed by atoms with Crippen molar-refractivity contribution in [2.75, 3.05) is 19.8 Å². The van der Waals surface area contributed by atoms with Gasteiger partial charge in [-0.15, -0.1) is 0 Å². The highest BCUT2D eigenvalue weighted by molar-refractivity contribution is 6.05. The van der Waals surface area contributed by atoms with Crippen LogP contribution < -0.4 is 5.32 Å². The topological polar surface area (TPSA) is 58.6 Å². The lowest BCUT2D eigenvalue weighted by molar-refractivity contribution is -0.141. The number of nitrogens with one attached hydrogen (secondary N) is 1. The summed E-state index contributed by atoms with van der Waals surface area (Å²) in [4.78, 5) is 25.7. The molecule has 0 radical (unpaired) electrons. The summed E-state index contributed by atoms with van der Waals surface area (Å²) in [5, 5.41) is 3.15. The number of ether oxygens (including phenoxy) is 1. The monoisotopic (exact) mass is 282 g/mol. The van der Waals surface area contributed by atoms with E-state index in [2.05, 4.69) is 5.32 Å². The first-order chi connectivity index (χ1) is 9.67. The van der Waals surface area contributed by atoms with Gasteiger partial charge < -0.3 is 10.1 Å². The second-order valence-corrected chi connectivity index (χ2v) is 5.80. The number of nitrogens with zero attached hydrogens (tertiary/aromatic N) is 1. The van der Waals surface area contributed by atoms with Crippen LogP contribution in [0.2, 0.25) is 0 Å². The smallest absolute Gasteiger partial charge is 0.247 e. The van der Waals surface area contributed by atoms with Gasteiger partial charge in [0, 0.05) is 19.2 Å². The van der Waals surface area contributed by atoms with E-state index in [0.717, 1.165) is 25.4 Å². The summed E-state index contributed by atoms with van der Waals surface area (Å²) in [6.07, 6.45) is 4.51. The summed E-state index contributed by atoms with van der Waals surface area (Å²) >= 11 is 0. The molecule has 1 saturated carbocycles. The van der Waals surface area contributed by atoms with Crippen LogP contribution in [0.4, 0.5) is 0 Å². The Hall–Kier alpha value is -0.940. The highest BCUT2D eigenvalue weighted by Crippen LogP contribution is 2.28. The molecule has 5 heteroatoms. The summed E-state index contributed by atoms with van der Waals surface area (Å²) < 4.78 is 5.52. The molecule has 2 aliphatic rings. The fourth-order valence-electron chi connectivity index (χ4n) is 2.69. The third kappa shape index (κ3) is 3.79. The van der Waals surface area contributed by atoms with Crippen molar-refractivity contribution in [3.05, 3.63) is 0 Å². The van der Waals surface area contributed by atoms with Crippen LogP contribution in [0.25, 0.3) is 0 Å². The lowest BCUT2D eigenvalue weighted by Crippen LogP contribution is -2.44. The molecule has 1 aliphatic carbocycles. The molecule has 1 heterocycles. The van der Waals surface area contributed by atoms with Crippen molar-refractivity contribution in [2.45, 2.75) is 58.0 Å². The number of imide groups is 1. The predicted octanol–water partition coefficient (Wildman–Crippen LogP) is 1.32. The molecule has 2 rings (SSSR count). The molecule has 1 N–H and O–H groups in total. The number of hydrogen-bond acceptors (Lipinski definition) is 4. The van der Waals surface area contributed by atoms with Crippen molar-refractivity contribution in [1.82, 2.24) is 10.2 Å². The van der Waals surface area contributed by atoms with E-state index in [1.54, 1.807) is 0 Å². The van der Waals surface area contributed by atoms with E-state index >= 15 is 0 Å². The van der Waals surface area contributed by atoms with E-state index < -0.39 is 0 Å². The molecule has 1 unspecified atom stereocenters. The average molecular weight is 282 g/mol. The van der Waals surface area contributed by atoms with Crippen molar-refractivity contribution in [2.24, 2.45) is 5.92 Å². The van der Waals surface area contributed by atoms with Crippen LogP contribution >= 0.6 is 0 Å². The SMILES string of the molecule is CCC(CC)N1C(=O)CC(NCCOCC2CC2)C1=O. The van der Waals surface area contributed by atoms with Crippen molar-refractivity contribution >= 4 is 11.8 Å². The van der Waals surface area contributed by atoms with E-state index in [9.17, 15) is 9.59 Å². The zero-order valence-corrected chi connectivity index (χ0v) is 12.6. The van der Waals surface area contributed by atoms with Crippen molar-refractivity contribution < 1.29 is 14.3 Å². The number of rotatable bonds is 9. The average Bonchev–Trinajstić information content (AvgIpc) is 3.21. The van der Waals surface area contributed by atoms with Gasteiger partial charge in [0.1, 0.15) is 0 Å². The summed E-state index contributed by atoms with van der Waals surface area (Å²) in [6, 6.07) is -0.305. The Labute approximate surface area is 121 Å². The van der Waals surface area contributed by atoms with Gasteiger partial charge in [-0.3, -0.25) is 14.5 Å². The number of carbonyl (C=O) groups excluding carboxylic acids is 2. The third-order valence-corrected chi connectivity index (χ3v) is 4.18. The molecule has 1 atom stereocenters. The maximum Gasteiger partial charge on any atom is 0.247 e. The van der Waals surface area contributed by atoms with Gasteiger partial charge in [-0.2, -0.15) is 0 Å². The Morgan fingerprint density at radius 3 is 2.60 bits per heavy atom. The maximum absolute atomic E-state index is 12.3. The van der Waals surface area contributed by atoms with E-state index in [1.807, 2.05) is 13.8 Å². The van der Waals surface area contributed by atoms with Gasteiger partial charge in [0.25, 0.3) is 0 Å². The molecular weight excluding hydrogens is 256 g/mol. The largest absolute Gasteiger partial charge is 0.380 e. The Bertz CT molecular complexity index is 351. The summed E-state index contributed by atoms with van der Waals surface area (Å²) in [7, 11) is 0. The number of hydrogen-bond donors (Lipinski definition) is 1. The summed E-state index contributed by atoms with van der Waals surface area (Å²) in [5.41, 5.74) is 0. The second kappa shape index (κ2) is 7.18. The predicted molar refractivity (Wildman–Crippen MR) is 76.2 cm³/mol. The van der Waals surface area contributed by atoms with Gasteiger partial charge in [0.15, 0.2) is 0 Å². The fourth-order valence-corrected chi connectivity index (χ4v) is 2.69. The van der Waals surface area contributed by atoms with E-state index in [-0.39, 0.29) is 30.3 Å². The maximum atomic E-state index is 12.3. The highest BCUT2D eigenvalue weighted by atomic mass is 16.5. The normalized spacial score (nSPS) is 23.1. The zero-order chi connectivity index (χ0) is 14.5. The number of likely N-dealkylation sites (tertiary alicyclic amines) is 1. The molecule has 2 amide bonds. The van der Waals surface area contributed by atoms with Crippen LogP contribution in [0.15, 0.2) is 0 Å². The van der Waals surface area contributed by atoms with Crippen molar-refractivity contribution in [1.29, 1.82) is 0 Å². The van der Waals surface area contributed by atoms with Gasteiger partial charge in [0.05, 0.1) is 19.1 Å². The van der Waals surface area contributed by atoms with Gasteiger partial charge in [0.2, 0.25) is 11.8 Å². The first-order valence-electron chi connectivity index (χ1n) is 7.84. The van der Waals surface area contributed by atoms with Crippen LogP contribution in [0.3, 0.4) is 0 Å². The highest BCUT2D eigenvalue weighted by Gasteiger charge is 2.40. The molecule has 5 nitrogen and oxygen atoms in total. The van der Waals surface area contributed by atoms with Crippen LogP contribution in [0, 0.1) is 5.92 Å². The lowest BCUT2D eigenvalue weighted by atomic mass is 10.1. The third-order valence-electron chi connectivity index (χ3n) is 4.18. The van der Waals surface area contributed by atoms with Crippen molar-refractivity contribution in [3.63, 3.8) is 0 Å². The molecule has 2 fully saturated rings. The Morgan fingerprint density at radius 1 is 1.30 bits per heavy atom. The second-order valence-electron chi connectivity index (χ2n) is 5.80. The van der Waals surface area contributed by atoms with Crippen molar-refractivity contribution in [3.8, 4) is 0 Å². The van der Waals surface area contributed by atoms with Crippen LogP contribution in [-0.2, 0) is 14.3 Å². The van der Waals surface area contributed by atoms with Gasteiger partial charge in [-0.1, -0.05) is 13.8 Å². The molecule has 0 aromatic rings. The zero-order valence-electron chi connectivity index (χ0n) is 12.6. The molecular formula is C15H26N2O3. The molecule has 0 aromatic heterocycles. The minimum atomic E-state index is -0.354. The molecule has 1 saturated heterocycles. The summed E-state index contributed by atoms with van der Waals surface area (Å²) in [6.45, 7) is 6.11. The minimum Gasteiger partial charge on any atom is -0.380 e. The van der Waals surface area contributed by atoms with E-state index in [4.69, 9.17) is 4.74 Å². The molecule has 0 bridgehead atoms. The van der Waals surface area contributed by atoms with Gasteiger partial charge in [-0.05, 0) is 31.6 Å². The van der Waals surface area contributed by atoms with Crippen LogP contribution in [0.5, 0.6) is 0 Å². The molecule has 0 spiro atoms.